The summed E-state index contributed by atoms with van der Waals surface area (Å²) in [5.74, 6) is -6.09. The molecule has 0 radical (unpaired) electrons. The summed E-state index contributed by atoms with van der Waals surface area (Å²) in [6, 6.07) is 6.79. The predicted molar refractivity (Wildman–Crippen MR) is 135 cm³/mol. The first-order valence-electron chi connectivity index (χ1n) is 13.1. The second kappa shape index (κ2) is 9.30. The number of phenols is 1. The van der Waals surface area contributed by atoms with Crippen LogP contribution >= 0.6 is 0 Å². The fourth-order valence-corrected chi connectivity index (χ4v) is 6.74. The number of aromatic hydroxyl groups is 1. The average Bonchev–Trinajstić information content (AvgIpc) is 3.34. The Morgan fingerprint density at radius 1 is 1.10 bits per heavy atom. The quantitative estimate of drug-likeness (QED) is 0.347. The second-order valence-electron chi connectivity index (χ2n) is 10.9. The summed E-state index contributed by atoms with van der Waals surface area (Å²) in [4.78, 5) is 40.8. The van der Waals surface area contributed by atoms with Gasteiger partial charge in [-0.3, -0.25) is 19.3 Å². The Bertz CT molecular complexity index is 1410. The largest absolute Gasteiger partial charge is 0.507 e. The number of nitrogens with zero attached hydrogens (tertiary/aromatic N) is 1. The number of phenolic OH excluding ortho intramolecular Hbond substituents is 1. The van der Waals surface area contributed by atoms with Gasteiger partial charge >= 0.3 is 0 Å². The molecule has 6 N–H and O–H groups in total. The molecule has 1 aromatic heterocycles. The molecule has 1 saturated heterocycles. The minimum atomic E-state index is -2.60. The van der Waals surface area contributed by atoms with E-state index < -0.39 is 52.7 Å². The predicted octanol–water partition coefficient (Wildman–Crippen LogP) is 0.681. The number of primary amides is 1. The van der Waals surface area contributed by atoms with Gasteiger partial charge in [-0.25, -0.2) is 0 Å². The molecule has 1 amide bonds. The van der Waals surface area contributed by atoms with Gasteiger partial charge in [-0.05, 0) is 55.0 Å². The highest BCUT2D eigenvalue weighted by atomic mass is 16.5. The lowest BCUT2D eigenvalue weighted by atomic mass is 9.56. The third kappa shape index (κ3) is 3.91. The van der Waals surface area contributed by atoms with Crippen molar-refractivity contribution in [2.75, 3.05) is 26.3 Å². The Balaban J connectivity index is 1.39. The number of fused-ring (bicyclic) bond motifs is 3. The van der Waals surface area contributed by atoms with Crippen LogP contribution in [0.15, 0.2) is 34.3 Å². The number of nitrogens with two attached hydrogens (primary N) is 1. The Hall–Kier alpha value is -3.51. The monoisotopic (exact) mass is 538 g/mol. The van der Waals surface area contributed by atoms with Crippen LogP contribution in [0.25, 0.3) is 17.1 Å². The van der Waals surface area contributed by atoms with E-state index in [1.807, 2.05) is 12.1 Å². The van der Waals surface area contributed by atoms with Crippen molar-refractivity contribution in [2.45, 2.75) is 37.5 Å². The summed E-state index contributed by atoms with van der Waals surface area (Å²) in [5.41, 5.74) is 3.77. The molecule has 39 heavy (non-hydrogen) atoms. The first-order chi connectivity index (χ1) is 18.6. The van der Waals surface area contributed by atoms with E-state index in [0.717, 1.165) is 18.8 Å². The van der Waals surface area contributed by atoms with E-state index in [1.54, 1.807) is 6.07 Å². The van der Waals surface area contributed by atoms with Crippen LogP contribution < -0.4 is 5.73 Å². The van der Waals surface area contributed by atoms with E-state index in [0.29, 0.717) is 36.6 Å². The molecule has 6 rings (SSSR count). The van der Waals surface area contributed by atoms with Gasteiger partial charge in [-0.15, -0.1) is 0 Å². The van der Waals surface area contributed by atoms with Crippen molar-refractivity contribution in [2.24, 2.45) is 23.5 Å². The fourth-order valence-electron chi connectivity index (χ4n) is 6.74. The van der Waals surface area contributed by atoms with Crippen molar-refractivity contribution < 1.29 is 44.0 Å². The number of rotatable bonds is 4. The van der Waals surface area contributed by atoms with Gasteiger partial charge in [-0.2, -0.15) is 0 Å². The Kier molecular flexibility index (Phi) is 6.14. The minimum absolute atomic E-state index is 0.0371. The zero-order chi connectivity index (χ0) is 27.6. The van der Waals surface area contributed by atoms with Crippen LogP contribution in [0.3, 0.4) is 0 Å². The van der Waals surface area contributed by atoms with E-state index >= 15 is 0 Å². The number of Topliss-reactive ketones (excluding diaryl/α,β-unsaturated/α-hetero) is 2. The molecular formula is C28H30N2O9. The summed E-state index contributed by atoms with van der Waals surface area (Å²) in [5, 5.41) is 43.8. The lowest BCUT2D eigenvalue weighted by Gasteiger charge is -2.48. The summed E-state index contributed by atoms with van der Waals surface area (Å²) in [7, 11) is 0. The maximum atomic E-state index is 13.6. The molecule has 11 nitrogen and oxygen atoms in total. The summed E-state index contributed by atoms with van der Waals surface area (Å²) in [6.07, 6.45) is -1.27. The zero-order valence-electron chi connectivity index (χ0n) is 21.1. The van der Waals surface area contributed by atoms with Gasteiger partial charge in [0.2, 0.25) is 11.7 Å². The lowest BCUT2D eigenvalue weighted by molar-refractivity contribution is -0.174. The molecule has 1 aliphatic heterocycles. The summed E-state index contributed by atoms with van der Waals surface area (Å²) >= 11 is 0. The van der Waals surface area contributed by atoms with Gasteiger partial charge in [0.15, 0.2) is 11.4 Å². The van der Waals surface area contributed by atoms with Gasteiger partial charge in [-0.1, -0.05) is 0 Å². The van der Waals surface area contributed by atoms with Crippen molar-refractivity contribution in [1.82, 2.24) is 4.90 Å². The van der Waals surface area contributed by atoms with Crippen molar-refractivity contribution in [1.29, 1.82) is 0 Å². The van der Waals surface area contributed by atoms with E-state index in [-0.39, 0.29) is 36.1 Å². The number of benzene rings is 1. The Morgan fingerprint density at radius 3 is 2.56 bits per heavy atom. The standard InChI is InChI=1S/C28H30N2O9/c29-27(36)23-19(32)11-14-9-13-10-17-16(20-4-1-15(39-20)12-30-5-7-38-8-6-30)2-3-18(31)22(17)24(33)21(13)25(34)28(14,37)26(23)35/h1-4,13-14,19,23,31-33,37H,5-12H2,(H2,29,36)/t13-,14+,19?,23?,28+/m1/s1. The number of furan rings is 1. The number of hydrogen-bond donors (Lipinski definition) is 5. The third-order valence-corrected chi connectivity index (χ3v) is 8.68. The summed E-state index contributed by atoms with van der Waals surface area (Å²) < 4.78 is 11.5. The smallest absolute Gasteiger partial charge is 0.230 e. The van der Waals surface area contributed by atoms with Crippen molar-refractivity contribution in [3.8, 4) is 17.1 Å². The molecule has 206 valence electrons. The zero-order valence-corrected chi connectivity index (χ0v) is 21.1. The van der Waals surface area contributed by atoms with Gasteiger partial charge < -0.3 is 35.3 Å². The number of amides is 1. The molecule has 0 spiro atoms. The number of carbonyl (C=O) groups excluding carboxylic acids is 3. The average molecular weight is 539 g/mol. The molecule has 5 atom stereocenters. The van der Waals surface area contributed by atoms with Gasteiger partial charge in [0, 0.05) is 30.1 Å². The topological polar surface area (TPSA) is 184 Å². The van der Waals surface area contributed by atoms with Crippen LogP contribution in [0.1, 0.15) is 29.7 Å². The van der Waals surface area contributed by atoms with Gasteiger partial charge in [0.25, 0.3) is 0 Å². The van der Waals surface area contributed by atoms with E-state index in [4.69, 9.17) is 14.9 Å². The third-order valence-electron chi connectivity index (χ3n) is 8.68. The number of morpholine rings is 1. The van der Waals surface area contributed by atoms with E-state index in [9.17, 15) is 34.8 Å². The lowest BCUT2D eigenvalue weighted by Crippen LogP contribution is -2.66. The molecule has 2 unspecified atom stereocenters. The number of carbonyl (C=O) groups is 3. The first kappa shape index (κ1) is 25.8. The second-order valence-corrected chi connectivity index (χ2v) is 10.9. The highest BCUT2D eigenvalue weighted by Crippen LogP contribution is 2.52. The SMILES string of the molecule is NC(=O)C1C(=O)[C@@]2(O)C(=O)C3=C(O)c4c(O)ccc(-c5ccc(CN6CCOCC6)o5)c4C[C@H]3C[C@H]2CC1O. The molecule has 2 heterocycles. The van der Waals surface area contributed by atoms with Gasteiger partial charge in [0.1, 0.15) is 28.9 Å². The van der Waals surface area contributed by atoms with Crippen molar-refractivity contribution in [3.63, 3.8) is 0 Å². The maximum absolute atomic E-state index is 13.6. The normalized spacial score (nSPS) is 31.0. The van der Waals surface area contributed by atoms with Crippen LogP contribution in [-0.4, -0.2) is 80.8 Å². The molecule has 11 heteroatoms. The van der Waals surface area contributed by atoms with E-state index in [1.165, 1.54) is 6.07 Å². The van der Waals surface area contributed by atoms with Crippen molar-refractivity contribution in [3.05, 3.63) is 46.7 Å². The Labute approximate surface area is 223 Å². The molecule has 0 bridgehead atoms. The first-order valence-corrected chi connectivity index (χ1v) is 13.1. The van der Waals surface area contributed by atoms with E-state index in [2.05, 4.69) is 4.90 Å². The molecule has 3 fully saturated rings. The number of ketones is 2. The molecule has 2 saturated carbocycles. The highest BCUT2D eigenvalue weighted by molar-refractivity contribution is 6.24. The highest BCUT2D eigenvalue weighted by Gasteiger charge is 2.64. The summed E-state index contributed by atoms with van der Waals surface area (Å²) in [6.45, 7) is 3.53. The van der Waals surface area contributed by atoms with Crippen LogP contribution in [0.5, 0.6) is 5.75 Å². The molecule has 1 aromatic carbocycles. The van der Waals surface area contributed by atoms with Crippen LogP contribution in [0.4, 0.5) is 0 Å². The maximum Gasteiger partial charge on any atom is 0.230 e. The molecule has 4 aliphatic rings. The molecule has 3 aliphatic carbocycles. The molecule has 2 aromatic rings. The molecular weight excluding hydrogens is 508 g/mol. The number of aliphatic hydroxyl groups excluding tert-OH is 2. The van der Waals surface area contributed by atoms with Crippen molar-refractivity contribution >= 4 is 23.2 Å². The number of aliphatic hydroxyl groups is 3. The van der Waals surface area contributed by atoms with Gasteiger partial charge in [0.05, 0.1) is 31.4 Å². The number of hydrogen-bond acceptors (Lipinski definition) is 10. The van der Waals surface area contributed by atoms with Crippen LogP contribution in [-0.2, 0) is 32.1 Å². The van der Waals surface area contributed by atoms with Crippen LogP contribution in [0.2, 0.25) is 0 Å². The number of ether oxygens (including phenoxy) is 1. The minimum Gasteiger partial charge on any atom is -0.507 e. The fraction of sp³-hybridized carbons (Fsp3) is 0.464. The Morgan fingerprint density at radius 2 is 1.85 bits per heavy atom. The van der Waals surface area contributed by atoms with Crippen LogP contribution in [0, 0.1) is 17.8 Å².